The number of carbonyl (C=O) groups is 2. The van der Waals surface area contributed by atoms with Gasteiger partial charge < -0.3 is 14.4 Å². The van der Waals surface area contributed by atoms with Crippen LogP contribution in [0.3, 0.4) is 0 Å². The molecule has 7 heteroatoms. The molecule has 0 aliphatic carbocycles. The van der Waals surface area contributed by atoms with E-state index in [9.17, 15) is 14.7 Å². The first kappa shape index (κ1) is 21.4. The highest BCUT2D eigenvalue weighted by Crippen LogP contribution is 2.39. The van der Waals surface area contributed by atoms with Gasteiger partial charge in [-0.1, -0.05) is 32.9 Å². The Hall–Kier alpha value is -1.86. The van der Waals surface area contributed by atoms with Crippen molar-refractivity contribution in [2.75, 3.05) is 18.5 Å². The monoisotopic (exact) mass is 392 g/mol. The average Bonchev–Trinajstić information content (AvgIpc) is 2.95. The number of aryl methyl sites for hydroxylation is 1. The summed E-state index contributed by atoms with van der Waals surface area (Å²) in [7, 11) is -0.348. The van der Waals surface area contributed by atoms with E-state index in [2.05, 4.69) is 33.9 Å². The van der Waals surface area contributed by atoms with Gasteiger partial charge in [0, 0.05) is 25.7 Å². The second-order valence-corrected chi connectivity index (χ2v) is 13.7. The third-order valence-electron chi connectivity index (χ3n) is 5.78. The number of benzene rings is 1. The second kappa shape index (κ2) is 7.64. The summed E-state index contributed by atoms with van der Waals surface area (Å²) in [5.41, 5.74) is 1.81. The van der Waals surface area contributed by atoms with E-state index >= 15 is 0 Å². The third kappa shape index (κ3) is 4.71. The zero-order valence-corrected chi connectivity index (χ0v) is 18.4. The summed E-state index contributed by atoms with van der Waals surface area (Å²) in [6.45, 7) is 12.9. The number of hydrogen-bond donors (Lipinski definition) is 1. The van der Waals surface area contributed by atoms with Crippen molar-refractivity contribution in [1.29, 1.82) is 0 Å². The van der Waals surface area contributed by atoms with E-state index in [1.165, 1.54) is 4.90 Å². The predicted octanol–water partition coefficient (Wildman–Crippen LogP) is 4.10. The molecular weight excluding hydrogens is 360 g/mol. The van der Waals surface area contributed by atoms with Crippen molar-refractivity contribution in [2.45, 2.75) is 64.4 Å². The van der Waals surface area contributed by atoms with Crippen molar-refractivity contribution < 1.29 is 19.1 Å². The number of anilines is 1. The van der Waals surface area contributed by atoms with Gasteiger partial charge >= 0.3 is 6.09 Å². The molecule has 1 aromatic rings. The van der Waals surface area contributed by atoms with Crippen LogP contribution in [-0.2, 0) is 9.22 Å². The van der Waals surface area contributed by atoms with Crippen LogP contribution in [0.5, 0.6) is 0 Å². The summed E-state index contributed by atoms with van der Waals surface area (Å²) in [6, 6.07) is 6.91. The smallest absolute Gasteiger partial charge is 0.408 e. The summed E-state index contributed by atoms with van der Waals surface area (Å²) >= 11 is 0. The number of nitrogens with zero attached hydrogens (tertiary/aromatic N) is 2. The van der Waals surface area contributed by atoms with Gasteiger partial charge in [-0.15, -0.1) is 0 Å². The van der Waals surface area contributed by atoms with Crippen molar-refractivity contribution in [3.8, 4) is 0 Å². The number of likely N-dealkylation sites (tertiary alicyclic amines) is 1. The Bertz CT molecular complexity index is 714. The first-order chi connectivity index (χ1) is 12.3. The molecule has 6 nitrogen and oxygen atoms in total. The van der Waals surface area contributed by atoms with Gasteiger partial charge in [0.2, 0.25) is 5.91 Å². The summed E-state index contributed by atoms with van der Waals surface area (Å²) in [5, 5.41) is 9.65. The van der Waals surface area contributed by atoms with Crippen LogP contribution in [0.15, 0.2) is 24.3 Å². The maximum atomic E-state index is 13.1. The minimum absolute atomic E-state index is 0.0293. The van der Waals surface area contributed by atoms with Gasteiger partial charge in [-0.05, 0) is 42.8 Å². The van der Waals surface area contributed by atoms with E-state index in [0.29, 0.717) is 6.42 Å². The largest absolute Gasteiger partial charge is 0.465 e. The molecule has 0 spiro atoms. The van der Waals surface area contributed by atoms with Gasteiger partial charge in [0.25, 0.3) is 0 Å². The molecule has 0 aromatic heterocycles. The Kier molecular flexibility index (Phi) is 6.06. The average molecular weight is 393 g/mol. The molecule has 0 saturated carbocycles. The van der Waals surface area contributed by atoms with E-state index in [1.807, 2.05) is 31.2 Å². The van der Waals surface area contributed by atoms with E-state index < -0.39 is 20.5 Å². The van der Waals surface area contributed by atoms with Crippen LogP contribution in [0.2, 0.25) is 18.1 Å². The van der Waals surface area contributed by atoms with E-state index in [0.717, 1.165) is 11.3 Å². The van der Waals surface area contributed by atoms with E-state index in [4.69, 9.17) is 4.43 Å². The van der Waals surface area contributed by atoms with Crippen LogP contribution in [0, 0.1) is 6.92 Å². The molecule has 1 N–H and O–H groups in total. The highest BCUT2D eigenvalue weighted by Gasteiger charge is 2.46. The van der Waals surface area contributed by atoms with Crippen LogP contribution >= 0.6 is 0 Å². The number of rotatable bonds is 4. The normalized spacial score (nSPS) is 20.6. The van der Waals surface area contributed by atoms with Crippen molar-refractivity contribution in [3.63, 3.8) is 0 Å². The SMILES string of the molecule is Cc1cccc(N(C)C(=O)[C@@H]2C[C@H](O[Si](C)(C)C(C)(C)C)CN2C(=O)O)c1. The lowest BCUT2D eigenvalue weighted by atomic mass is 10.1. The van der Waals surface area contributed by atoms with Crippen LogP contribution in [0.1, 0.15) is 32.8 Å². The fraction of sp³-hybridized carbons (Fsp3) is 0.600. The molecule has 1 aliphatic heterocycles. The fourth-order valence-corrected chi connectivity index (χ4v) is 4.47. The van der Waals surface area contributed by atoms with Crippen molar-refractivity contribution in [2.24, 2.45) is 0 Å². The van der Waals surface area contributed by atoms with Crippen molar-refractivity contribution >= 4 is 26.0 Å². The third-order valence-corrected chi connectivity index (χ3v) is 10.3. The lowest BCUT2D eigenvalue weighted by Gasteiger charge is -2.38. The van der Waals surface area contributed by atoms with Gasteiger partial charge in [0.05, 0.1) is 6.10 Å². The molecular formula is C20H32N2O4Si. The Balaban J connectivity index is 2.19. The molecule has 1 aromatic carbocycles. The lowest BCUT2D eigenvalue weighted by molar-refractivity contribution is -0.122. The van der Waals surface area contributed by atoms with Crippen molar-refractivity contribution in [1.82, 2.24) is 4.90 Å². The van der Waals surface area contributed by atoms with Crippen LogP contribution in [-0.4, -0.2) is 56.1 Å². The molecule has 150 valence electrons. The van der Waals surface area contributed by atoms with Gasteiger partial charge in [0.15, 0.2) is 8.32 Å². The Labute approximate surface area is 163 Å². The molecule has 0 unspecified atom stereocenters. The molecule has 2 rings (SSSR count). The number of hydrogen-bond acceptors (Lipinski definition) is 3. The van der Waals surface area contributed by atoms with Gasteiger partial charge in [-0.25, -0.2) is 4.79 Å². The van der Waals surface area contributed by atoms with Crippen LogP contribution < -0.4 is 4.90 Å². The number of likely N-dealkylation sites (N-methyl/N-ethyl adjacent to an activating group) is 1. The second-order valence-electron chi connectivity index (χ2n) is 8.92. The zero-order valence-electron chi connectivity index (χ0n) is 17.4. The van der Waals surface area contributed by atoms with Crippen molar-refractivity contribution in [3.05, 3.63) is 29.8 Å². The maximum absolute atomic E-state index is 13.1. The van der Waals surface area contributed by atoms with Gasteiger partial charge in [-0.3, -0.25) is 9.69 Å². The summed E-state index contributed by atoms with van der Waals surface area (Å²) in [6.07, 6.45) is -0.928. The standard InChI is InChI=1S/C20H32N2O4Si/c1-14-9-8-10-15(11-14)21(5)18(23)17-12-16(13-22(17)19(24)25)26-27(6,7)20(2,3)4/h8-11,16-17H,12-13H2,1-7H3,(H,24,25)/t16-,17-/m0/s1. The Morgan fingerprint density at radius 1 is 1.30 bits per heavy atom. The molecule has 2 atom stereocenters. The lowest BCUT2D eigenvalue weighted by Crippen LogP contribution is -2.46. The maximum Gasteiger partial charge on any atom is 0.408 e. The molecule has 1 heterocycles. The molecule has 1 aliphatic rings. The first-order valence-corrected chi connectivity index (χ1v) is 12.3. The highest BCUT2D eigenvalue weighted by molar-refractivity contribution is 6.74. The molecule has 27 heavy (non-hydrogen) atoms. The predicted molar refractivity (Wildman–Crippen MR) is 110 cm³/mol. The molecule has 2 amide bonds. The fourth-order valence-electron chi connectivity index (χ4n) is 3.11. The van der Waals surface area contributed by atoms with Gasteiger partial charge in [0.1, 0.15) is 6.04 Å². The van der Waals surface area contributed by atoms with Crippen LogP contribution in [0.25, 0.3) is 0 Å². The Morgan fingerprint density at radius 2 is 1.93 bits per heavy atom. The van der Waals surface area contributed by atoms with E-state index in [1.54, 1.807) is 11.9 Å². The van der Waals surface area contributed by atoms with Crippen LogP contribution in [0.4, 0.5) is 10.5 Å². The molecule has 0 bridgehead atoms. The molecule has 1 saturated heterocycles. The number of carboxylic acid groups (broad SMARTS) is 1. The van der Waals surface area contributed by atoms with Gasteiger partial charge in [-0.2, -0.15) is 0 Å². The zero-order chi connectivity index (χ0) is 20.6. The summed E-state index contributed by atoms with van der Waals surface area (Å²) in [5.74, 6) is -0.218. The Morgan fingerprint density at radius 3 is 2.44 bits per heavy atom. The first-order valence-electron chi connectivity index (χ1n) is 9.35. The minimum Gasteiger partial charge on any atom is -0.465 e. The highest BCUT2D eigenvalue weighted by atomic mass is 28.4. The molecule has 1 fully saturated rings. The summed E-state index contributed by atoms with van der Waals surface area (Å²) in [4.78, 5) is 27.6. The quantitative estimate of drug-likeness (QED) is 0.783. The molecule has 0 radical (unpaired) electrons. The minimum atomic E-state index is -2.04. The summed E-state index contributed by atoms with van der Waals surface area (Å²) < 4.78 is 6.39. The topological polar surface area (TPSA) is 70.1 Å². The van der Waals surface area contributed by atoms with E-state index in [-0.39, 0.29) is 23.6 Å². The number of amides is 2. The number of carbonyl (C=O) groups excluding carboxylic acids is 1.